The molecule has 0 aliphatic carbocycles. The third-order valence-corrected chi connectivity index (χ3v) is 2.24. The van der Waals surface area contributed by atoms with E-state index in [1.165, 1.54) is 0 Å². The fraction of sp³-hybridized carbons (Fsp3) is 0.222. The minimum Gasteiger partial charge on any atom is -0.394 e. The molecule has 16 heavy (non-hydrogen) atoms. The maximum absolute atomic E-state index is 5.83. The molecule has 2 heterocycles. The molecular formula is C9H11ClN6. The van der Waals surface area contributed by atoms with E-state index in [1.54, 1.807) is 11.6 Å². The fourth-order valence-electron chi connectivity index (χ4n) is 1.25. The van der Waals surface area contributed by atoms with Gasteiger partial charge < -0.3 is 11.1 Å². The summed E-state index contributed by atoms with van der Waals surface area (Å²) in [5, 5.41) is 7.29. The molecule has 7 heteroatoms. The summed E-state index contributed by atoms with van der Waals surface area (Å²) in [7, 11) is 1.83. The number of nitrogens with two attached hydrogens (primary N) is 1. The highest BCUT2D eigenvalue weighted by Crippen LogP contribution is 2.23. The molecule has 0 aliphatic heterocycles. The Bertz CT molecular complexity index is 521. The zero-order valence-electron chi connectivity index (χ0n) is 8.90. The van der Waals surface area contributed by atoms with Crippen LogP contribution in [0.5, 0.6) is 0 Å². The van der Waals surface area contributed by atoms with Crippen LogP contribution in [0.4, 0.5) is 17.3 Å². The minimum atomic E-state index is 0.158. The van der Waals surface area contributed by atoms with Gasteiger partial charge in [-0.3, -0.25) is 4.68 Å². The topological polar surface area (TPSA) is 81.7 Å². The average molecular weight is 239 g/mol. The first kappa shape index (κ1) is 10.7. The van der Waals surface area contributed by atoms with Gasteiger partial charge in [0.15, 0.2) is 11.6 Å². The first-order valence-electron chi connectivity index (χ1n) is 4.62. The van der Waals surface area contributed by atoms with Crippen molar-refractivity contribution in [3.05, 3.63) is 23.2 Å². The number of hydrogen-bond acceptors (Lipinski definition) is 5. The molecule has 0 fully saturated rings. The Morgan fingerprint density at radius 3 is 2.81 bits per heavy atom. The molecule has 6 nitrogen and oxygen atoms in total. The van der Waals surface area contributed by atoms with E-state index in [4.69, 9.17) is 17.3 Å². The van der Waals surface area contributed by atoms with Gasteiger partial charge in [0, 0.05) is 19.3 Å². The molecule has 0 amide bonds. The standard InChI is InChI=1S/C9H11ClN6/c1-5-7(11)8(14-9(10)12-5)13-6-3-4-16(2)15-6/h3-4H,11H2,1-2H3,(H,12,13,14,15). The zero-order chi connectivity index (χ0) is 11.7. The molecule has 2 aromatic heterocycles. The molecule has 0 spiro atoms. The molecular weight excluding hydrogens is 228 g/mol. The van der Waals surface area contributed by atoms with Crippen molar-refractivity contribution in [3.63, 3.8) is 0 Å². The van der Waals surface area contributed by atoms with Crippen LogP contribution >= 0.6 is 11.6 Å². The molecule has 2 rings (SSSR count). The lowest BCUT2D eigenvalue weighted by Crippen LogP contribution is -2.04. The van der Waals surface area contributed by atoms with Crippen molar-refractivity contribution in [2.45, 2.75) is 6.92 Å². The van der Waals surface area contributed by atoms with Gasteiger partial charge in [-0.05, 0) is 18.5 Å². The van der Waals surface area contributed by atoms with Crippen LogP contribution < -0.4 is 11.1 Å². The second kappa shape index (κ2) is 3.97. The predicted octanol–water partition coefficient (Wildman–Crippen LogP) is 1.50. The van der Waals surface area contributed by atoms with Gasteiger partial charge in [0.25, 0.3) is 0 Å². The molecule has 0 saturated heterocycles. The number of rotatable bonds is 2. The van der Waals surface area contributed by atoms with Crippen molar-refractivity contribution in [1.82, 2.24) is 19.7 Å². The summed E-state index contributed by atoms with van der Waals surface area (Å²) in [5.41, 5.74) is 6.93. The quantitative estimate of drug-likeness (QED) is 0.775. The van der Waals surface area contributed by atoms with Gasteiger partial charge in [0.1, 0.15) is 0 Å². The Morgan fingerprint density at radius 2 is 2.19 bits per heavy atom. The largest absolute Gasteiger partial charge is 0.394 e. The smallest absolute Gasteiger partial charge is 0.224 e. The second-order valence-electron chi connectivity index (χ2n) is 3.34. The first-order valence-corrected chi connectivity index (χ1v) is 5.00. The molecule has 84 valence electrons. The van der Waals surface area contributed by atoms with Crippen LogP contribution in [-0.2, 0) is 7.05 Å². The van der Waals surface area contributed by atoms with Crippen molar-refractivity contribution < 1.29 is 0 Å². The molecule has 3 N–H and O–H groups in total. The molecule has 0 aromatic carbocycles. The van der Waals surface area contributed by atoms with E-state index in [1.807, 2.05) is 19.3 Å². The van der Waals surface area contributed by atoms with Crippen LogP contribution in [0.3, 0.4) is 0 Å². The molecule has 0 saturated carbocycles. The van der Waals surface area contributed by atoms with E-state index in [-0.39, 0.29) is 5.28 Å². The van der Waals surface area contributed by atoms with E-state index >= 15 is 0 Å². The Hall–Kier alpha value is -1.82. The number of aryl methyl sites for hydroxylation is 2. The van der Waals surface area contributed by atoms with Crippen LogP contribution in [0.15, 0.2) is 12.3 Å². The second-order valence-corrected chi connectivity index (χ2v) is 3.68. The van der Waals surface area contributed by atoms with Crippen LogP contribution in [-0.4, -0.2) is 19.7 Å². The Balaban J connectivity index is 2.34. The number of anilines is 3. The van der Waals surface area contributed by atoms with Gasteiger partial charge in [-0.2, -0.15) is 10.1 Å². The molecule has 2 aromatic rings. The first-order chi connectivity index (χ1) is 7.56. The fourth-order valence-corrected chi connectivity index (χ4v) is 1.46. The van der Waals surface area contributed by atoms with Crippen molar-refractivity contribution in [3.8, 4) is 0 Å². The van der Waals surface area contributed by atoms with E-state index in [0.29, 0.717) is 23.0 Å². The molecule has 0 aliphatic rings. The van der Waals surface area contributed by atoms with Gasteiger partial charge in [-0.25, -0.2) is 4.98 Å². The van der Waals surface area contributed by atoms with E-state index in [9.17, 15) is 0 Å². The van der Waals surface area contributed by atoms with Gasteiger partial charge in [0.2, 0.25) is 5.28 Å². The highest BCUT2D eigenvalue weighted by molar-refractivity contribution is 6.28. The monoisotopic (exact) mass is 238 g/mol. The number of nitrogen functional groups attached to an aromatic ring is 1. The SMILES string of the molecule is Cc1nc(Cl)nc(Nc2ccn(C)n2)c1N. The Kier molecular flexibility index (Phi) is 2.66. The summed E-state index contributed by atoms with van der Waals surface area (Å²) in [6, 6.07) is 1.81. The Morgan fingerprint density at radius 1 is 1.44 bits per heavy atom. The lowest BCUT2D eigenvalue weighted by molar-refractivity contribution is 0.771. The van der Waals surface area contributed by atoms with E-state index in [0.717, 1.165) is 0 Å². The van der Waals surface area contributed by atoms with Crippen molar-refractivity contribution >= 4 is 28.9 Å². The summed E-state index contributed by atoms with van der Waals surface area (Å²) < 4.78 is 1.67. The maximum atomic E-state index is 5.83. The lowest BCUT2D eigenvalue weighted by Gasteiger charge is -2.07. The summed E-state index contributed by atoms with van der Waals surface area (Å²) in [6.45, 7) is 1.77. The number of nitrogens with zero attached hydrogens (tertiary/aromatic N) is 4. The highest BCUT2D eigenvalue weighted by Gasteiger charge is 2.08. The van der Waals surface area contributed by atoms with Crippen molar-refractivity contribution in [2.24, 2.45) is 7.05 Å². The summed E-state index contributed by atoms with van der Waals surface area (Å²) in [5.74, 6) is 1.12. The minimum absolute atomic E-state index is 0.158. The number of hydrogen-bond donors (Lipinski definition) is 2. The van der Waals surface area contributed by atoms with Crippen molar-refractivity contribution in [2.75, 3.05) is 11.1 Å². The normalized spacial score (nSPS) is 10.4. The van der Waals surface area contributed by atoms with Crippen LogP contribution in [0.2, 0.25) is 5.28 Å². The summed E-state index contributed by atoms with van der Waals surface area (Å²) >= 11 is 5.75. The molecule has 0 bridgehead atoms. The molecule has 0 unspecified atom stereocenters. The zero-order valence-corrected chi connectivity index (χ0v) is 9.65. The van der Waals surface area contributed by atoms with Gasteiger partial charge >= 0.3 is 0 Å². The Labute approximate surface area is 97.5 Å². The highest BCUT2D eigenvalue weighted by atomic mass is 35.5. The third-order valence-electron chi connectivity index (χ3n) is 2.07. The lowest BCUT2D eigenvalue weighted by atomic mass is 10.3. The van der Waals surface area contributed by atoms with Gasteiger partial charge in [0.05, 0.1) is 11.4 Å². The molecule has 0 atom stereocenters. The van der Waals surface area contributed by atoms with Gasteiger partial charge in [-0.1, -0.05) is 0 Å². The average Bonchev–Trinajstić information content (AvgIpc) is 2.60. The van der Waals surface area contributed by atoms with Crippen LogP contribution in [0.1, 0.15) is 5.69 Å². The summed E-state index contributed by atoms with van der Waals surface area (Å²) in [4.78, 5) is 7.95. The third kappa shape index (κ3) is 2.06. The number of nitrogens with one attached hydrogen (secondary N) is 1. The van der Waals surface area contributed by atoms with E-state index in [2.05, 4.69) is 20.4 Å². The van der Waals surface area contributed by atoms with E-state index < -0.39 is 0 Å². The summed E-state index contributed by atoms with van der Waals surface area (Å²) in [6.07, 6.45) is 1.81. The molecule has 0 radical (unpaired) electrons. The van der Waals surface area contributed by atoms with Gasteiger partial charge in [-0.15, -0.1) is 0 Å². The predicted molar refractivity (Wildman–Crippen MR) is 62.7 cm³/mol. The van der Waals surface area contributed by atoms with Crippen LogP contribution in [0, 0.1) is 6.92 Å². The maximum Gasteiger partial charge on any atom is 0.224 e. The number of aromatic nitrogens is 4. The number of halogens is 1. The van der Waals surface area contributed by atoms with Crippen molar-refractivity contribution in [1.29, 1.82) is 0 Å². The van der Waals surface area contributed by atoms with Crippen LogP contribution in [0.25, 0.3) is 0 Å².